The molecule has 3 fully saturated rings. The van der Waals surface area contributed by atoms with Crippen molar-refractivity contribution in [2.45, 2.75) is 69.6 Å². The molecule has 0 aromatic carbocycles. The predicted molar refractivity (Wildman–Crippen MR) is 98.8 cm³/mol. The summed E-state index contributed by atoms with van der Waals surface area (Å²) in [6, 6.07) is 0.599. The zero-order chi connectivity index (χ0) is 16.9. The van der Waals surface area contributed by atoms with Crippen molar-refractivity contribution in [2.24, 2.45) is 5.92 Å². The Morgan fingerprint density at radius 3 is 2.56 bits per heavy atom. The highest BCUT2D eigenvalue weighted by Gasteiger charge is 2.40. The van der Waals surface area contributed by atoms with Gasteiger partial charge in [0.15, 0.2) is 0 Å². The van der Waals surface area contributed by atoms with Gasteiger partial charge in [0.2, 0.25) is 11.8 Å². The van der Waals surface area contributed by atoms with Crippen molar-refractivity contribution in [2.75, 3.05) is 26.7 Å². The molecule has 0 bridgehead atoms. The second kappa shape index (κ2) is 9.74. The number of carbonyl (C=O) groups is 2. The van der Waals surface area contributed by atoms with Gasteiger partial charge in [-0.15, -0.1) is 12.4 Å². The summed E-state index contributed by atoms with van der Waals surface area (Å²) >= 11 is 0. The third-order valence-corrected chi connectivity index (χ3v) is 5.88. The van der Waals surface area contributed by atoms with E-state index in [-0.39, 0.29) is 36.4 Å². The van der Waals surface area contributed by atoms with E-state index in [4.69, 9.17) is 4.74 Å². The fraction of sp³-hybridized carbons (Fsp3) is 0.889. The van der Waals surface area contributed by atoms with Gasteiger partial charge < -0.3 is 20.3 Å². The number of likely N-dealkylation sites (tertiary alicyclic amines) is 1. The van der Waals surface area contributed by atoms with Crippen molar-refractivity contribution in [1.82, 2.24) is 15.5 Å². The summed E-state index contributed by atoms with van der Waals surface area (Å²) in [7, 11) is 1.64. The summed E-state index contributed by atoms with van der Waals surface area (Å²) in [5.41, 5.74) is 0. The van der Waals surface area contributed by atoms with E-state index in [0.29, 0.717) is 25.0 Å². The Kier molecular flexibility index (Phi) is 7.97. The number of halogens is 1. The van der Waals surface area contributed by atoms with E-state index in [0.717, 1.165) is 32.4 Å². The smallest absolute Gasteiger partial charge is 0.239 e. The van der Waals surface area contributed by atoms with Gasteiger partial charge in [0, 0.05) is 32.6 Å². The number of hydrogen-bond donors (Lipinski definition) is 2. The molecule has 3 rings (SSSR count). The maximum atomic E-state index is 12.8. The first-order valence-electron chi connectivity index (χ1n) is 9.54. The van der Waals surface area contributed by atoms with Gasteiger partial charge in [0.05, 0.1) is 18.8 Å². The van der Waals surface area contributed by atoms with Crippen LogP contribution in [0.25, 0.3) is 0 Å². The van der Waals surface area contributed by atoms with Crippen molar-refractivity contribution in [3.05, 3.63) is 0 Å². The molecule has 0 aromatic rings. The number of piperidine rings is 1. The first kappa shape index (κ1) is 20.5. The fourth-order valence-electron chi connectivity index (χ4n) is 4.42. The molecule has 144 valence electrons. The largest absolute Gasteiger partial charge is 0.378 e. The molecular formula is C18H32ClN3O3. The quantitative estimate of drug-likeness (QED) is 0.765. The van der Waals surface area contributed by atoms with Crippen LogP contribution in [0.4, 0.5) is 0 Å². The van der Waals surface area contributed by atoms with E-state index in [2.05, 4.69) is 10.6 Å². The Morgan fingerprint density at radius 1 is 1.16 bits per heavy atom. The minimum atomic E-state index is 0. The van der Waals surface area contributed by atoms with E-state index in [1.807, 2.05) is 4.90 Å². The number of nitrogens with one attached hydrogen (secondary N) is 2. The van der Waals surface area contributed by atoms with Gasteiger partial charge in [0.25, 0.3) is 0 Å². The van der Waals surface area contributed by atoms with Crippen molar-refractivity contribution in [3.63, 3.8) is 0 Å². The lowest BCUT2D eigenvalue weighted by atomic mass is 9.85. The van der Waals surface area contributed by atoms with Crippen LogP contribution in [0.5, 0.6) is 0 Å². The molecule has 1 aliphatic carbocycles. The van der Waals surface area contributed by atoms with E-state index >= 15 is 0 Å². The molecule has 6 nitrogen and oxygen atoms in total. The zero-order valence-electron chi connectivity index (χ0n) is 15.2. The summed E-state index contributed by atoms with van der Waals surface area (Å²) < 4.78 is 5.77. The van der Waals surface area contributed by atoms with E-state index < -0.39 is 0 Å². The first-order valence-corrected chi connectivity index (χ1v) is 9.54. The molecule has 0 radical (unpaired) electrons. The Balaban J connectivity index is 0.00000225. The van der Waals surface area contributed by atoms with Crippen LogP contribution in [0, 0.1) is 5.92 Å². The van der Waals surface area contributed by atoms with Crippen LogP contribution in [-0.4, -0.2) is 61.6 Å². The monoisotopic (exact) mass is 373 g/mol. The minimum absolute atomic E-state index is 0. The topological polar surface area (TPSA) is 70.7 Å². The molecule has 3 unspecified atom stereocenters. The summed E-state index contributed by atoms with van der Waals surface area (Å²) in [5, 5.41) is 6.19. The van der Waals surface area contributed by atoms with Crippen LogP contribution in [0.15, 0.2) is 0 Å². The van der Waals surface area contributed by atoms with Gasteiger partial charge in [-0.2, -0.15) is 0 Å². The highest BCUT2D eigenvalue weighted by atomic mass is 35.5. The first-order chi connectivity index (χ1) is 11.7. The predicted octanol–water partition coefficient (Wildman–Crippen LogP) is 1.47. The Morgan fingerprint density at radius 2 is 1.88 bits per heavy atom. The molecule has 2 saturated heterocycles. The van der Waals surface area contributed by atoms with Crippen LogP contribution in [0.1, 0.15) is 51.4 Å². The van der Waals surface area contributed by atoms with Crippen molar-refractivity contribution in [3.8, 4) is 0 Å². The second-order valence-electron chi connectivity index (χ2n) is 7.42. The maximum Gasteiger partial charge on any atom is 0.239 e. The number of carbonyl (C=O) groups excluding carboxylic acids is 2. The number of fused-ring (bicyclic) bond motifs is 1. The molecule has 2 heterocycles. The standard InChI is InChI=1S/C18H31N3O3.ClH/c1-19-17(22)8-11-24-14-6-9-21(10-7-14)18(23)16-12-13-4-2-3-5-15(13)20-16;/h13-16,20H,2-12H2,1H3,(H,19,22);1H. The molecule has 3 atom stereocenters. The molecular weight excluding hydrogens is 342 g/mol. The van der Waals surface area contributed by atoms with Crippen LogP contribution in [0.2, 0.25) is 0 Å². The lowest BCUT2D eigenvalue weighted by Gasteiger charge is -2.33. The lowest BCUT2D eigenvalue weighted by Crippen LogP contribution is -2.49. The Hall–Kier alpha value is -0.850. The summed E-state index contributed by atoms with van der Waals surface area (Å²) in [4.78, 5) is 26.0. The number of rotatable bonds is 5. The van der Waals surface area contributed by atoms with Crippen LogP contribution < -0.4 is 10.6 Å². The van der Waals surface area contributed by atoms with Gasteiger partial charge in [-0.3, -0.25) is 9.59 Å². The maximum absolute atomic E-state index is 12.8. The van der Waals surface area contributed by atoms with Gasteiger partial charge in [-0.25, -0.2) is 0 Å². The molecule has 0 aromatic heterocycles. The molecule has 2 amide bonds. The molecule has 2 N–H and O–H groups in total. The van der Waals surface area contributed by atoms with Crippen LogP contribution in [0.3, 0.4) is 0 Å². The third-order valence-electron chi connectivity index (χ3n) is 5.88. The molecule has 7 heteroatoms. The van der Waals surface area contributed by atoms with E-state index in [1.165, 1.54) is 25.7 Å². The Bertz CT molecular complexity index is 441. The summed E-state index contributed by atoms with van der Waals surface area (Å²) in [6.45, 7) is 2.01. The van der Waals surface area contributed by atoms with Gasteiger partial charge in [-0.05, 0) is 38.0 Å². The van der Waals surface area contributed by atoms with Crippen LogP contribution in [-0.2, 0) is 14.3 Å². The third kappa shape index (κ3) is 5.31. The van der Waals surface area contributed by atoms with Crippen LogP contribution >= 0.6 is 12.4 Å². The Labute approximate surface area is 156 Å². The minimum Gasteiger partial charge on any atom is -0.378 e. The fourth-order valence-corrected chi connectivity index (χ4v) is 4.42. The highest BCUT2D eigenvalue weighted by molar-refractivity contribution is 5.85. The van der Waals surface area contributed by atoms with Gasteiger partial charge >= 0.3 is 0 Å². The lowest BCUT2D eigenvalue weighted by molar-refractivity contribution is -0.135. The average Bonchev–Trinajstić information content (AvgIpc) is 3.05. The van der Waals surface area contributed by atoms with Gasteiger partial charge in [0.1, 0.15) is 0 Å². The number of ether oxygens (including phenoxy) is 1. The average molecular weight is 374 g/mol. The van der Waals surface area contributed by atoms with E-state index in [1.54, 1.807) is 7.05 Å². The van der Waals surface area contributed by atoms with Crippen molar-refractivity contribution in [1.29, 1.82) is 0 Å². The summed E-state index contributed by atoms with van der Waals surface area (Å²) in [5.74, 6) is 1.00. The number of amides is 2. The highest BCUT2D eigenvalue weighted by Crippen LogP contribution is 2.34. The summed E-state index contributed by atoms with van der Waals surface area (Å²) in [6.07, 6.45) is 8.49. The zero-order valence-corrected chi connectivity index (χ0v) is 16.0. The molecule has 1 saturated carbocycles. The molecule has 0 spiro atoms. The molecule has 2 aliphatic heterocycles. The van der Waals surface area contributed by atoms with Crippen molar-refractivity contribution >= 4 is 24.2 Å². The SMILES string of the molecule is CNC(=O)CCOC1CCN(C(=O)C2CC3CCCCC3N2)CC1.Cl. The normalized spacial score (nSPS) is 29.6. The molecule has 25 heavy (non-hydrogen) atoms. The number of nitrogens with zero attached hydrogens (tertiary/aromatic N) is 1. The van der Waals surface area contributed by atoms with E-state index in [9.17, 15) is 9.59 Å². The number of hydrogen-bond acceptors (Lipinski definition) is 4. The van der Waals surface area contributed by atoms with Gasteiger partial charge in [-0.1, -0.05) is 12.8 Å². The second-order valence-corrected chi connectivity index (χ2v) is 7.42. The molecule has 3 aliphatic rings. The van der Waals surface area contributed by atoms with Crippen molar-refractivity contribution < 1.29 is 14.3 Å².